The zero-order valence-electron chi connectivity index (χ0n) is 23.2. The fourth-order valence-corrected chi connectivity index (χ4v) is 6.36. The van der Waals surface area contributed by atoms with Crippen molar-refractivity contribution in [1.29, 1.82) is 0 Å². The molecule has 0 unspecified atom stereocenters. The van der Waals surface area contributed by atoms with Gasteiger partial charge in [0.25, 0.3) is 0 Å². The highest BCUT2D eigenvalue weighted by Crippen LogP contribution is 2.40. The lowest BCUT2D eigenvalue weighted by Gasteiger charge is -2.25. The summed E-state index contributed by atoms with van der Waals surface area (Å²) < 4.78 is 12.6. The highest BCUT2D eigenvalue weighted by molar-refractivity contribution is 6.15. The average Bonchev–Trinajstić information content (AvgIpc) is 3.64. The normalized spacial score (nSPS) is 11.7. The van der Waals surface area contributed by atoms with Crippen LogP contribution in [0.3, 0.4) is 0 Å². The predicted molar refractivity (Wildman–Crippen MR) is 179 cm³/mol. The molecule has 0 atom stereocenters. The van der Waals surface area contributed by atoms with E-state index in [2.05, 4.69) is 144 Å². The van der Waals surface area contributed by atoms with Gasteiger partial charge in [-0.2, -0.15) is 0 Å². The first-order valence-corrected chi connectivity index (χ1v) is 14.5. The topological polar surface area (TPSA) is 29.5 Å². The smallest absolute Gasteiger partial charge is 0.143 e. The summed E-state index contributed by atoms with van der Waals surface area (Å²) in [6, 6.07) is 53.1. The van der Waals surface area contributed by atoms with Crippen molar-refractivity contribution >= 4 is 71.7 Å². The van der Waals surface area contributed by atoms with Crippen molar-refractivity contribution in [3.8, 4) is 11.1 Å². The van der Waals surface area contributed by atoms with Gasteiger partial charge in [-0.15, -0.1) is 0 Å². The molecule has 2 heterocycles. The van der Waals surface area contributed by atoms with Crippen LogP contribution in [0.5, 0.6) is 0 Å². The second-order valence-corrected chi connectivity index (χ2v) is 11.0. The summed E-state index contributed by atoms with van der Waals surface area (Å²) in [6.07, 6.45) is 0. The summed E-state index contributed by atoms with van der Waals surface area (Å²) in [5.74, 6) is 0. The minimum absolute atomic E-state index is 0.891. The highest BCUT2D eigenvalue weighted by Gasteiger charge is 2.16. The number of rotatable bonds is 4. The SMILES string of the molecule is c1ccc(N(c2ccc(-c3ccc4c(c3)oc3c5ccccc5ccc43)cc2)c2ccc3oc4ccccc4c3c2)cc1. The number of para-hydroxylation sites is 2. The van der Waals surface area contributed by atoms with Gasteiger partial charge in [0.05, 0.1) is 0 Å². The maximum absolute atomic E-state index is 6.45. The van der Waals surface area contributed by atoms with Crippen molar-refractivity contribution in [2.75, 3.05) is 4.90 Å². The fraction of sp³-hybridized carbons (Fsp3) is 0. The summed E-state index contributed by atoms with van der Waals surface area (Å²) >= 11 is 0. The maximum Gasteiger partial charge on any atom is 0.143 e. The molecule has 0 N–H and O–H groups in total. The first-order chi connectivity index (χ1) is 21.3. The van der Waals surface area contributed by atoms with Crippen LogP contribution in [-0.4, -0.2) is 0 Å². The van der Waals surface area contributed by atoms with Gasteiger partial charge in [0, 0.05) is 44.0 Å². The molecule has 0 saturated carbocycles. The fourth-order valence-electron chi connectivity index (χ4n) is 6.36. The van der Waals surface area contributed by atoms with Crippen molar-refractivity contribution in [2.24, 2.45) is 0 Å². The molecule has 0 amide bonds. The summed E-state index contributed by atoms with van der Waals surface area (Å²) in [7, 11) is 0. The third-order valence-electron chi connectivity index (χ3n) is 8.46. The first-order valence-electron chi connectivity index (χ1n) is 14.5. The van der Waals surface area contributed by atoms with Gasteiger partial charge in [-0.3, -0.25) is 0 Å². The molecule has 7 aromatic carbocycles. The van der Waals surface area contributed by atoms with E-state index >= 15 is 0 Å². The van der Waals surface area contributed by atoms with E-state index in [1.54, 1.807) is 0 Å². The van der Waals surface area contributed by atoms with Crippen LogP contribution in [0, 0.1) is 0 Å². The number of hydrogen-bond acceptors (Lipinski definition) is 3. The van der Waals surface area contributed by atoms with Crippen LogP contribution in [0.4, 0.5) is 17.1 Å². The van der Waals surface area contributed by atoms with Crippen molar-refractivity contribution in [1.82, 2.24) is 0 Å². The first kappa shape index (κ1) is 23.9. The number of fused-ring (bicyclic) bond motifs is 8. The van der Waals surface area contributed by atoms with Gasteiger partial charge >= 0.3 is 0 Å². The van der Waals surface area contributed by atoms with Crippen molar-refractivity contribution in [3.63, 3.8) is 0 Å². The number of nitrogens with zero attached hydrogens (tertiary/aromatic N) is 1. The Morgan fingerprint density at radius 2 is 1.00 bits per heavy atom. The molecule has 0 saturated heterocycles. The third kappa shape index (κ3) is 3.83. The minimum Gasteiger partial charge on any atom is -0.456 e. The number of anilines is 3. The predicted octanol–water partition coefficient (Wildman–Crippen LogP) is 11.8. The summed E-state index contributed by atoms with van der Waals surface area (Å²) in [6.45, 7) is 0. The monoisotopic (exact) mass is 551 g/mol. The van der Waals surface area contributed by atoms with Crippen LogP contribution in [0.1, 0.15) is 0 Å². The van der Waals surface area contributed by atoms with E-state index in [9.17, 15) is 0 Å². The van der Waals surface area contributed by atoms with E-state index in [1.165, 1.54) is 5.39 Å². The lowest BCUT2D eigenvalue weighted by molar-refractivity contribution is 0.669. The van der Waals surface area contributed by atoms with Crippen LogP contribution in [0.2, 0.25) is 0 Å². The molecule has 3 nitrogen and oxygen atoms in total. The number of hydrogen-bond donors (Lipinski definition) is 0. The Morgan fingerprint density at radius 3 is 1.88 bits per heavy atom. The molecule has 0 bridgehead atoms. The zero-order chi connectivity index (χ0) is 28.3. The molecule has 0 fully saturated rings. The van der Waals surface area contributed by atoms with E-state index in [1.807, 2.05) is 12.1 Å². The maximum atomic E-state index is 6.45. The quantitative estimate of drug-likeness (QED) is 0.218. The van der Waals surface area contributed by atoms with Gasteiger partial charge in [0.1, 0.15) is 22.3 Å². The molecular formula is C40H25NO2. The molecule has 202 valence electrons. The molecule has 43 heavy (non-hydrogen) atoms. The Labute approximate surface area is 247 Å². The third-order valence-corrected chi connectivity index (χ3v) is 8.46. The molecule has 0 aliphatic heterocycles. The Kier molecular flexibility index (Phi) is 5.20. The van der Waals surface area contributed by atoms with Crippen molar-refractivity contribution in [3.05, 3.63) is 152 Å². The van der Waals surface area contributed by atoms with E-state index < -0.39 is 0 Å². The van der Waals surface area contributed by atoms with Crippen molar-refractivity contribution in [2.45, 2.75) is 0 Å². The Bertz CT molecular complexity index is 2450. The largest absolute Gasteiger partial charge is 0.456 e. The lowest BCUT2D eigenvalue weighted by atomic mass is 10.0. The van der Waals surface area contributed by atoms with Gasteiger partial charge in [-0.25, -0.2) is 0 Å². The molecule has 0 radical (unpaired) electrons. The molecule has 0 aliphatic carbocycles. The lowest BCUT2D eigenvalue weighted by Crippen LogP contribution is -2.09. The van der Waals surface area contributed by atoms with Crippen LogP contribution in [0.15, 0.2) is 160 Å². The molecule has 2 aromatic heterocycles. The van der Waals surface area contributed by atoms with E-state index in [0.717, 1.165) is 77.5 Å². The van der Waals surface area contributed by atoms with Crippen LogP contribution in [-0.2, 0) is 0 Å². The van der Waals surface area contributed by atoms with Crippen LogP contribution < -0.4 is 4.90 Å². The second-order valence-electron chi connectivity index (χ2n) is 11.0. The van der Waals surface area contributed by atoms with Crippen molar-refractivity contribution < 1.29 is 8.83 Å². The van der Waals surface area contributed by atoms with Gasteiger partial charge in [0.15, 0.2) is 0 Å². The summed E-state index contributed by atoms with van der Waals surface area (Å²) in [5, 5.41) is 6.85. The summed E-state index contributed by atoms with van der Waals surface area (Å²) in [4.78, 5) is 2.29. The Hall–Kier alpha value is -5.80. The van der Waals surface area contributed by atoms with Gasteiger partial charge < -0.3 is 13.7 Å². The minimum atomic E-state index is 0.891. The average molecular weight is 552 g/mol. The van der Waals surface area contributed by atoms with Gasteiger partial charge in [-0.1, -0.05) is 84.9 Å². The molecule has 3 heteroatoms. The highest BCUT2D eigenvalue weighted by atomic mass is 16.3. The van der Waals surface area contributed by atoms with E-state index in [0.29, 0.717) is 0 Å². The molecule has 0 spiro atoms. The number of furan rings is 2. The molecule has 0 aliphatic rings. The molecular weight excluding hydrogens is 526 g/mol. The van der Waals surface area contributed by atoms with Gasteiger partial charge in [-0.05, 0) is 83.2 Å². The standard InChI is InChI=1S/C40H25NO2/c1-2-9-29(10-3-1)41(31-20-23-38-36(25-31)33-12-6-7-13-37(33)42-38)30-18-14-26(15-19-30)28-17-21-34-35-22-16-27-8-4-5-11-32(27)40(35)43-39(34)24-28/h1-25H. The Balaban J connectivity index is 1.13. The van der Waals surface area contributed by atoms with E-state index in [-0.39, 0.29) is 0 Å². The zero-order valence-corrected chi connectivity index (χ0v) is 23.2. The van der Waals surface area contributed by atoms with Crippen LogP contribution >= 0.6 is 0 Å². The summed E-state index contributed by atoms with van der Waals surface area (Å²) in [5.41, 5.74) is 9.16. The van der Waals surface area contributed by atoms with Crippen LogP contribution in [0.25, 0.3) is 65.8 Å². The number of benzene rings is 7. The van der Waals surface area contributed by atoms with Gasteiger partial charge in [0.2, 0.25) is 0 Å². The second kappa shape index (κ2) is 9.37. The molecule has 9 rings (SSSR count). The van der Waals surface area contributed by atoms with E-state index in [4.69, 9.17) is 8.83 Å². The molecule has 9 aromatic rings. The Morgan fingerprint density at radius 1 is 0.349 bits per heavy atom.